The van der Waals surface area contributed by atoms with E-state index in [-0.39, 0.29) is 23.4 Å². The molecule has 5 aromatic rings. The molecule has 0 fully saturated rings. The van der Waals surface area contributed by atoms with E-state index in [0.29, 0.717) is 37.3 Å². The maximum absolute atomic E-state index is 13.9. The van der Waals surface area contributed by atoms with Gasteiger partial charge in [-0.2, -0.15) is 13.2 Å². The lowest BCUT2D eigenvalue weighted by molar-refractivity contribution is -0.192. The van der Waals surface area contributed by atoms with E-state index in [0.717, 1.165) is 11.1 Å². The summed E-state index contributed by atoms with van der Waals surface area (Å²) < 4.78 is 33.1. The molecule has 0 aliphatic rings. The van der Waals surface area contributed by atoms with Gasteiger partial charge in [-0.25, -0.2) is 9.78 Å². The number of rotatable bonds is 6. The number of halogens is 6. The van der Waals surface area contributed by atoms with Gasteiger partial charge in [-0.1, -0.05) is 53.0 Å². The SMILES string of the molecule is CC(=O)Nc1c(C(C)=O)c(=O)n(Cc2cccnc2)c2nc(-c3ccc(Cl)cc3Cl)c(-c3ccc(Cl)cc3)cc12.O=C(O)C(F)(F)F. The van der Waals surface area contributed by atoms with Crippen molar-refractivity contribution in [2.45, 2.75) is 26.6 Å². The number of anilines is 1. The van der Waals surface area contributed by atoms with Gasteiger partial charge >= 0.3 is 12.1 Å². The Kier molecular flexibility index (Phi) is 10.7. The zero-order valence-electron chi connectivity index (χ0n) is 24.3. The molecule has 47 heavy (non-hydrogen) atoms. The second kappa shape index (κ2) is 14.3. The summed E-state index contributed by atoms with van der Waals surface area (Å²) >= 11 is 19.0. The zero-order chi connectivity index (χ0) is 34.6. The third kappa shape index (κ3) is 8.15. The van der Waals surface area contributed by atoms with Crippen molar-refractivity contribution in [3.05, 3.63) is 110 Å². The Morgan fingerprint density at radius 1 is 0.936 bits per heavy atom. The Morgan fingerprint density at radius 3 is 2.11 bits per heavy atom. The Labute approximate surface area is 279 Å². The number of carboxylic acids is 1. The third-order valence-corrected chi connectivity index (χ3v) is 7.34. The number of Topliss-reactive ketones (excluding diaryl/α,β-unsaturated/α-hetero) is 1. The number of nitrogens with one attached hydrogen (secondary N) is 1. The molecule has 0 bridgehead atoms. The summed E-state index contributed by atoms with van der Waals surface area (Å²) in [4.78, 5) is 57.0. The summed E-state index contributed by atoms with van der Waals surface area (Å²) in [5.74, 6) is -3.69. The van der Waals surface area contributed by atoms with Crippen LogP contribution in [-0.4, -0.2) is 43.5 Å². The molecular formula is C32H22Cl3F3N4O5. The number of hydrogen-bond acceptors (Lipinski definition) is 6. The predicted octanol–water partition coefficient (Wildman–Crippen LogP) is 7.93. The van der Waals surface area contributed by atoms with Crippen molar-refractivity contribution in [2.24, 2.45) is 0 Å². The van der Waals surface area contributed by atoms with Gasteiger partial charge in [0.25, 0.3) is 5.56 Å². The number of ketones is 1. The van der Waals surface area contributed by atoms with Crippen molar-refractivity contribution in [1.82, 2.24) is 14.5 Å². The molecule has 0 radical (unpaired) electrons. The Hall–Kier alpha value is -4.78. The van der Waals surface area contributed by atoms with Crippen LogP contribution in [-0.2, 0) is 16.1 Å². The van der Waals surface area contributed by atoms with E-state index < -0.39 is 29.4 Å². The van der Waals surface area contributed by atoms with Crippen LogP contribution >= 0.6 is 34.8 Å². The maximum atomic E-state index is 13.9. The van der Waals surface area contributed by atoms with Crippen LogP contribution in [0, 0.1) is 0 Å². The largest absolute Gasteiger partial charge is 0.490 e. The van der Waals surface area contributed by atoms with E-state index in [1.165, 1.54) is 18.4 Å². The highest BCUT2D eigenvalue weighted by Crippen LogP contribution is 2.40. The molecular weight excluding hydrogens is 684 g/mol. The average molecular weight is 706 g/mol. The molecule has 1 amide bonds. The van der Waals surface area contributed by atoms with Crippen LogP contribution in [0.1, 0.15) is 29.8 Å². The molecule has 5 rings (SSSR count). The van der Waals surface area contributed by atoms with Crippen LogP contribution in [0.15, 0.2) is 77.9 Å². The summed E-state index contributed by atoms with van der Waals surface area (Å²) in [5, 5.41) is 11.6. The van der Waals surface area contributed by atoms with Crippen molar-refractivity contribution in [3.63, 3.8) is 0 Å². The smallest absolute Gasteiger partial charge is 0.475 e. The van der Waals surface area contributed by atoms with E-state index in [9.17, 15) is 27.6 Å². The summed E-state index contributed by atoms with van der Waals surface area (Å²) in [6, 6.07) is 17.6. The van der Waals surface area contributed by atoms with Crippen LogP contribution in [0.4, 0.5) is 18.9 Å². The Balaban J connectivity index is 0.000000644. The van der Waals surface area contributed by atoms with E-state index >= 15 is 0 Å². The monoisotopic (exact) mass is 704 g/mol. The van der Waals surface area contributed by atoms with Crippen molar-refractivity contribution in [3.8, 4) is 22.4 Å². The number of hydrogen-bond donors (Lipinski definition) is 2. The minimum absolute atomic E-state index is 0.0882. The zero-order valence-corrected chi connectivity index (χ0v) is 26.6. The number of carboxylic acid groups (broad SMARTS) is 1. The standard InChI is InChI=1S/C30H21Cl3N4O3.C2HF3O2/c1-16(38)26-28(35-17(2)39)24-13-23(19-5-7-20(31)8-6-19)27(22-10-9-21(32)12-25(22)33)36-29(24)37(30(26)40)15-18-4-3-11-34-14-18;3-2(4,5)1(6)7/h3-14H,15H2,1-2H3,(H,35,39);(H,6,7). The summed E-state index contributed by atoms with van der Waals surface area (Å²) in [5.41, 5.74) is 2.78. The fraction of sp³-hybridized carbons (Fsp3) is 0.125. The number of aromatic nitrogens is 3. The highest BCUT2D eigenvalue weighted by Gasteiger charge is 2.38. The van der Waals surface area contributed by atoms with Gasteiger partial charge in [0.1, 0.15) is 11.2 Å². The van der Waals surface area contributed by atoms with E-state index in [2.05, 4.69) is 10.3 Å². The Bertz CT molecular complexity index is 2070. The first-order valence-electron chi connectivity index (χ1n) is 13.4. The van der Waals surface area contributed by atoms with Gasteiger partial charge < -0.3 is 10.4 Å². The lowest BCUT2D eigenvalue weighted by Gasteiger charge is -2.20. The summed E-state index contributed by atoms with van der Waals surface area (Å²) in [6.07, 6.45) is -1.82. The number of aliphatic carboxylic acids is 1. The number of carbonyl (C=O) groups excluding carboxylic acids is 2. The first-order chi connectivity index (χ1) is 22.1. The van der Waals surface area contributed by atoms with Gasteiger partial charge in [-0.05, 0) is 60.5 Å². The molecule has 0 unspecified atom stereocenters. The number of nitrogens with zero attached hydrogens (tertiary/aromatic N) is 3. The van der Waals surface area contributed by atoms with E-state index in [1.807, 2.05) is 18.2 Å². The Morgan fingerprint density at radius 2 is 1.57 bits per heavy atom. The lowest BCUT2D eigenvalue weighted by Crippen LogP contribution is -2.29. The summed E-state index contributed by atoms with van der Waals surface area (Å²) in [6.45, 7) is 2.69. The molecule has 0 spiro atoms. The molecule has 15 heteroatoms. The second-order valence-corrected chi connectivity index (χ2v) is 11.2. The third-order valence-electron chi connectivity index (χ3n) is 6.54. The van der Waals surface area contributed by atoms with Crippen LogP contribution in [0.5, 0.6) is 0 Å². The molecule has 0 saturated heterocycles. The molecule has 9 nitrogen and oxygen atoms in total. The molecule has 2 aromatic carbocycles. The highest BCUT2D eigenvalue weighted by molar-refractivity contribution is 6.36. The fourth-order valence-corrected chi connectivity index (χ4v) is 5.18. The molecule has 0 aliphatic heterocycles. The predicted molar refractivity (Wildman–Crippen MR) is 173 cm³/mol. The van der Waals surface area contributed by atoms with Crippen molar-refractivity contribution in [1.29, 1.82) is 0 Å². The van der Waals surface area contributed by atoms with Gasteiger partial charge in [-0.3, -0.25) is 23.9 Å². The number of carbonyl (C=O) groups is 3. The molecule has 242 valence electrons. The van der Waals surface area contributed by atoms with E-state index in [4.69, 9.17) is 49.7 Å². The first kappa shape index (κ1) is 35.1. The van der Waals surface area contributed by atoms with Crippen molar-refractivity contribution < 1.29 is 32.7 Å². The average Bonchev–Trinajstić information content (AvgIpc) is 2.99. The molecule has 0 atom stereocenters. The van der Waals surface area contributed by atoms with Crippen LogP contribution in [0.3, 0.4) is 0 Å². The minimum Gasteiger partial charge on any atom is -0.475 e. The number of pyridine rings is 3. The number of fused-ring (bicyclic) bond motifs is 1. The molecule has 0 aliphatic carbocycles. The van der Waals surface area contributed by atoms with Crippen LogP contribution in [0.2, 0.25) is 15.1 Å². The molecule has 2 N–H and O–H groups in total. The van der Waals surface area contributed by atoms with Crippen molar-refractivity contribution >= 4 is 69.2 Å². The van der Waals surface area contributed by atoms with Gasteiger partial charge in [0.2, 0.25) is 5.91 Å². The van der Waals surface area contributed by atoms with Gasteiger partial charge in [-0.15, -0.1) is 0 Å². The van der Waals surface area contributed by atoms with Crippen LogP contribution in [0.25, 0.3) is 33.4 Å². The second-order valence-electron chi connectivity index (χ2n) is 9.93. The van der Waals surface area contributed by atoms with Gasteiger partial charge in [0.05, 0.1) is 22.9 Å². The molecule has 3 heterocycles. The topological polar surface area (TPSA) is 131 Å². The molecule has 0 saturated carbocycles. The van der Waals surface area contributed by atoms with Crippen LogP contribution < -0.4 is 10.9 Å². The number of amides is 1. The van der Waals surface area contributed by atoms with Gasteiger partial charge in [0, 0.05) is 45.9 Å². The maximum Gasteiger partial charge on any atom is 0.490 e. The quantitative estimate of drug-likeness (QED) is 0.172. The number of alkyl halides is 3. The molecule has 3 aromatic heterocycles. The number of benzene rings is 2. The highest BCUT2D eigenvalue weighted by atomic mass is 35.5. The van der Waals surface area contributed by atoms with Gasteiger partial charge in [0.15, 0.2) is 5.78 Å². The minimum atomic E-state index is -5.08. The first-order valence-corrected chi connectivity index (χ1v) is 14.5. The van der Waals surface area contributed by atoms with Crippen molar-refractivity contribution in [2.75, 3.05) is 5.32 Å². The van der Waals surface area contributed by atoms with E-state index in [1.54, 1.807) is 54.9 Å². The normalized spacial score (nSPS) is 11.1. The fourth-order valence-electron chi connectivity index (χ4n) is 4.56. The summed E-state index contributed by atoms with van der Waals surface area (Å²) in [7, 11) is 0. The lowest BCUT2D eigenvalue weighted by atomic mass is 9.96.